The zero-order chi connectivity index (χ0) is 17.1. The summed E-state index contributed by atoms with van der Waals surface area (Å²) in [5.41, 5.74) is 6.60. The molecular formula is C10H5Cl3F3N5O. The van der Waals surface area contributed by atoms with E-state index in [2.05, 4.69) is 15.3 Å². The maximum atomic E-state index is 12.2. The number of amidine groups is 1. The molecule has 0 amide bonds. The number of anilines is 1. The number of benzene rings is 1. The Morgan fingerprint density at radius 3 is 2.41 bits per heavy atom. The summed E-state index contributed by atoms with van der Waals surface area (Å²) >= 11 is 17.2. The van der Waals surface area contributed by atoms with E-state index in [9.17, 15) is 13.2 Å². The van der Waals surface area contributed by atoms with Crippen molar-refractivity contribution in [3.8, 4) is 11.8 Å². The first-order valence-corrected chi connectivity index (χ1v) is 6.21. The number of hydrogen-bond donors (Lipinski definition) is 3. The van der Waals surface area contributed by atoms with Gasteiger partial charge in [0.2, 0.25) is 5.71 Å². The van der Waals surface area contributed by atoms with Crippen LogP contribution < -0.4 is 15.9 Å². The van der Waals surface area contributed by atoms with Gasteiger partial charge >= 0.3 is 6.36 Å². The van der Waals surface area contributed by atoms with E-state index in [4.69, 9.17) is 51.2 Å². The predicted molar refractivity (Wildman–Crippen MR) is 76.7 cm³/mol. The Balaban J connectivity index is 3.22. The predicted octanol–water partition coefficient (Wildman–Crippen LogP) is 3.77. The largest absolute Gasteiger partial charge is 0.573 e. The van der Waals surface area contributed by atoms with E-state index >= 15 is 0 Å². The number of nitrogens with zero attached hydrogens (tertiary/aromatic N) is 2. The van der Waals surface area contributed by atoms with Crippen LogP contribution in [0, 0.1) is 16.7 Å². The van der Waals surface area contributed by atoms with Crippen LogP contribution in [0.3, 0.4) is 0 Å². The van der Waals surface area contributed by atoms with Crippen molar-refractivity contribution in [3.63, 3.8) is 0 Å². The van der Waals surface area contributed by atoms with E-state index in [0.29, 0.717) is 0 Å². The highest BCUT2D eigenvalue weighted by Gasteiger charge is 2.33. The van der Waals surface area contributed by atoms with Crippen LogP contribution in [0.1, 0.15) is 0 Å². The third-order valence-electron chi connectivity index (χ3n) is 1.99. The molecule has 22 heavy (non-hydrogen) atoms. The number of alkyl halides is 3. The van der Waals surface area contributed by atoms with Crippen molar-refractivity contribution in [2.45, 2.75) is 6.36 Å². The molecule has 0 heterocycles. The molecule has 1 aromatic rings. The highest BCUT2D eigenvalue weighted by molar-refractivity contribution is 6.47. The highest BCUT2D eigenvalue weighted by atomic mass is 35.5. The molecule has 0 bridgehead atoms. The molecule has 0 aromatic heterocycles. The quantitative estimate of drug-likeness (QED) is 0.323. The van der Waals surface area contributed by atoms with Crippen molar-refractivity contribution in [1.82, 2.24) is 0 Å². The van der Waals surface area contributed by atoms with Crippen LogP contribution in [0.2, 0.25) is 15.1 Å². The minimum atomic E-state index is -4.98. The summed E-state index contributed by atoms with van der Waals surface area (Å²) in [6.07, 6.45) is -4.98. The second-order valence-electron chi connectivity index (χ2n) is 3.50. The van der Waals surface area contributed by atoms with Gasteiger partial charge in [-0.25, -0.2) is 0 Å². The number of nitriles is 1. The van der Waals surface area contributed by atoms with Crippen LogP contribution >= 0.6 is 34.8 Å². The summed E-state index contributed by atoms with van der Waals surface area (Å²) in [6, 6.07) is 2.28. The maximum Gasteiger partial charge on any atom is 0.573 e. The molecule has 4 N–H and O–H groups in total. The van der Waals surface area contributed by atoms with Gasteiger partial charge in [-0.15, -0.1) is 13.2 Å². The Morgan fingerprint density at radius 2 is 1.95 bits per heavy atom. The smallest absolute Gasteiger partial charge is 0.404 e. The summed E-state index contributed by atoms with van der Waals surface area (Å²) in [6.45, 7) is 0. The minimum Gasteiger partial charge on any atom is -0.404 e. The molecule has 12 heteroatoms. The summed E-state index contributed by atoms with van der Waals surface area (Å²) in [4.78, 5) is 0. The topological polar surface area (TPSA) is 107 Å². The first kappa shape index (κ1) is 18.2. The summed E-state index contributed by atoms with van der Waals surface area (Å²) < 4.78 is 40.3. The molecule has 1 rings (SSSR count). The molecule has 0 radical (unpaired) electrons. The highest BCUT2D eigenvalue weighted by Crippen LogP contribution is 2.44. The minimum absolute atomic E-state index is 0.183. The number of ether oxygens (including phenoxy) is 1. The van der Waals surface area contributed by atoms with Gasteiger partial charge in [0, 0.05) is 6.07 Å². The molecule has 0 atom stereocenters. The van der Waals surface area contributed by atoms with Crippen LogP contribution in [0.15, 0.2) is 11.2 Å². The van der Waals surface area contributed by atoms with Crippen molar-refractivity contribution in [2.24, 2.45) is 10.8 Å². The molecule has 0 spiro atoms. The Bertz CT molecular complexity index is 684. The molecule has 0 unspecified atom stereocenters. The second kappa shape index (κ2) is 6.91. The van der Waals surface area contributed by atoms with Crippen LogP contribution in [-0.2, 0) is 0 Å². The van der Waals surface area contributed by atoms with Crippen LogP contribution in [0.4, 0.5) is 18.9 Å². The number of nitrogens with two attached hydrogens (primary N) is 1. The zero-order valence-corrected chi connectivity index (χ0v) is 12.5. The van der Waals surface area contributed by atoms with E-state index in [1.54, 1.807) is 0 Å². The van der Waals surface area contributed by atoms with E-state index in [1.165, 1.54) is 6.07 Å². The van der Waals surface area contributed by atoms with Gasteiger partial charge in [0.15, 0.2) is 11.6 Å². The van der Waals surface area contributed by atoms with Crippen molar-refractivity contribution < 1.29 is 17.9 Å². The maximum absolute atomic E-state index is 12.2. The lowest BCUT2D eigenvalue weighted by Crippen LogP contribution is -2.22. The van der Waals surface area contributed by atoms with Gasteiger partial charge < -0.3 is 10.5 Å². The molecular weight excluding hydrogens is 369 g/mol. The van der Waals surface area contributed by atoms with E-state index < -0.39 is 33.7 Å². The average Bonchev–Trinajstić information content (AvgIpc) is 2.37. The lowest BCUT2D eigenvalue weighted by Gasteiger charge is -2.14. The Morgan fingerprint density at radius 1 is 1.36 bits per heavy atom. The standard InChI is InChI=1S/C10H5Cl3F3N5O/c11-3-1-5(22-10(14,15)16)6(12)7(13)8(3)21-20-4(2-17)9(18)19/h1,21H,(H3,18,19)/b20-4+. The van der Waals surface area contributed by atoms with Gasteiger partial charge in [-0.3, -0.25) is 10.8 Å². The number of rotatable bonds is 4. The lowest BCUT2D eigenvalue weighted by molar-refractivity contribution is -0.274. The fourth-order valence-corrected chi connectivity index (χ4v) is 1.84. The second-order valence-corrected chi connectivity index (χ2v) is 4.67. The van der Waals surface area contributed by atoms with Gasteiger partial charge in [0.25, 0.3) is 0 Å². The van der Waals surface area contributed by atoms with Crippen LogP contribution in [0.5, 0.6) is 5.75 Å². The fraction of sp³-hybridized carbons (Fsp3) is 0.100. The Hall–Kier alpha value is -1.89. The average molecular weight is 375 g/mol. The molecule has 0 aliphatic carbocycles. The molecule has 0 fully saturated rings. The summed E-state index contributed by atoms with van der Waals surface area (Å²) in [7, 11) is 0. The third kappa shape index (κ3) is 4.56. The Kier molecular flexibility index (Phi) is 5.71. The summed E-state index contributed by atoms with van der Waals surface area (Å²) in [5.74, 6) is -1.43. The van der Waals surface area contributed by atoms with Gasteiger partial charge in [0.05, 0.1) is 15.7 Å². The zero-order valence-electron chi connectivity index (χ0n) is 10.2. The Labute approximate surface area is 136 Å². The first-order valence-electron chi connectivity index (χ1n) is 5.08. The van der Waals surface area contributed by atoms with Crippen molar-refractivity contribution in [2.75, 3.05) is 5.43 Å². The van der Waals surface area contributed by atoms with Crippen molar-refractivity contribution in [1.29, 1.82) is 10.7 Å². The van der Waals surface area contributed by atoms with Crippen LogP contribution in [0.25, 0.3) is 0 Å². The van der Waals surface area contributed by atoms with Crippen molar-refractivity contribution in [3.05, 3.63) is 21.1 Å². The molecule has 0 saturated carbocycles. The number of nitrogens with one attached hydrogen (secondary N) is 2. The molecule has 0 aliphatic heterocycles. The number of hydrogen-bond acceptors (Lipinski definition) is 5. The lowest BCUT2D eigenvalue weighted by atomic mass is 10.3. The monoisotopic (exact) mass is 373 g/mol. The van der Waals surface area contributed by atoms with Gasteiger partial charge in [0.1, 0.15) is 11.1 Å². The number of halogens is 6. The summed E-state index contributed by atoms with van der Waals surface area (Å²) in [5, 5.41) is 17.9. The SMILES string of the molecule is N#C/C(=N\Nc1c(Cl)cc(OC(F)(F)F)c(Cl)c1Cl)C(=N)N. The van der Waals surface area contributed by atoms with Gasteiger partial charge in [-0.2, -0.15) is 10.4 Å². The van der Waals surface area contributed by atoms with E-state index in [-0.39, 0.29) is 10.7 Å². The number of hydrazone groups is 1. The molecule has 0 aliphatic rings. The van der Waals surface area contributed by atoms with Crippen LogP contribution in [-0.4, -0.2) is 17.9 Å². The van der Waals surface area contributed by atoms with E-state index in [0.717, 1.165) is 6.07 Å². The molecule has 118 valence electrons. The van der Waals surface area contributed by atoms with Crippen molar-refractivity contribution >= 4 is 52.0 Å². The molecule has 6 nitrogen and oxygen atoms in total. The van der Waals surface area contributed by atoms with Gasteiger partial charge in [-0.1, -0.05) is 34.8 Å². The first-order chi connectivity index (χ1) is 10.1. The fourth-order valence-electron chi connectivity index (χ4n) is 1.13. The molecule has 0 saturated heterocycles. The third-order valence-corrected chi connectivity index (χ3v) is 3.14. The molecule has 1 aromatic carbocycles. The normalized spacial score (nSPS) is 11.8. The van der Waals surface area contributed by atoms with Gasteiger partial charge in [-0.05, 0) is 0 Å². The van der Waals surface area contributed by atoms with E-state index in [1.807, 2.05) is 0 Å².